The molecule has 6 nitrogen and oxygen atoms in total. The lowest BCUT2D eigenvalue weighted by atomic mass is 9.74. The van der Waals surface area contributed by atoms with E-state index in [1.54, 1.807) is 0 Å². The van der Waals surface area contributed by atoms with E-state index < -0.39 is 11.9 Å². The van der Waals surface area contributed by atoms with Gasteiger partial charge in [0.1, 0.15) is 0 Å². The van der Waals surface area contributed by atoms with Crippen LogP contribution in [0.3, 0.4) is 0 Å². The Morgan fingerprint density at radius 1 is 0.533 bits per heavy atom. The van der Waals surface area contributed by atoms with Gasteiger partial charge in [0.25, 0.3) is 0 Å². The average molecular weight is 431 g/mol. The third-order valence-corrected chi connectivity index (χ3v) is 6.15. The monoisotopic (exact) mass is 430 g/mol. The lowest BCUT2D eigenvalue weighted by molar-refractivity contribution is -0.234. The van der Waals surface area contributed by atoms with Crippen LogP contribution in [0, 0.1) is 10.8 Å². The molecule has 0 aromatic carbocycles. The van der Waals surface area contributed by atoms with Crippen LogP contribution >= 0.6 is 0 Å². The predicted octanol–water partition coefficient (Wildman–Crippen LogP) is 7.31. The van der Waals surface area contributed by atoms with Gasteiger partial charge < -0.3 is 9.78 Å². The summed E-state index contributed by atoms with van der Waals surface area (Å²) in [6.07, 6.45) is 16.2. The predicted molar refractivity (Wildman–Crippen MR) is 119 cm³/mol. The van der Waals surface area contributed by atoms with Gasteiger partial charge in [-0.3, -0.25) is 0 Å². The van der Waals surface area contributed by atoms with Crippen LogP contribution in [-0.4, -0.2) is 22.5 Å². The Labute approximate surface area is 183 Å². The quantitative estimate of drug-likeness (QED) is 0.127. The van der Waals surface area contributed by atoms with E-state index in [0.29, 0.717) is 23.7 Å². The van der Waals surface area contributed by atoms with E-state index in [1.807, 2.05) is 0 Å². The minimum Gasteiger partial charge on any atom is -0.301 e. The van der Waals surface area contributed by atoms with Crippen LogP contribution in [0.5, 0.6) is 0 Å². The molecule has 0 aliphatic carbocycles. The standard InChI is InChI=1S/C24H46O6/c1-23(2,17-13-9-5-7-11-15-21(25)29-27)19-20-24(3,4)18-14-10-6-8-12-16-22(26)30-28/h27-28H,5-20H2,1-4H3. The molecule has 0 spiro atoms. The molecule has 0 unspecified atom stereocenters. The second kappa shape index (κ2) is 16.5. The summed E-state index contributed by atoms with van der Waals surface area (Å²) >= 11 is 0. The Bertz CT molecular complexity index is 417. The van der Waals surface area contributed by atoms with E-state index in [4.69, 9.17) is 10.5 Å². The molecule has 0 amide bonds. The minimum atomic E-state index is -0.539. The van der Waals surface area contributed by atoms with Gasteiger partial charge in [0.2, 0.25) is 0 Å². The lowest BCUT2D eigenvalue weighted by Gasteiger charge is -2.31. The van der Waals surface area contributed by atoms with Crippen molar-refractivity contribution in [1.29, 1.82) is 0 Å². The lowest BCUT2D eigenvalue weighted by Crippen LogP contribution is -2.18. The highest BCUT2D eigenvalue weighted by Gasteiger charge is 2.23. The molecular weight excluding hydrogens is 384 g/mol. The third kappa shape index (κ3) is 17.7. The molecule has 0 heterocycles. The first-order valence-corrected chi connectivity index (χ1v) is 11.8. The van der Waals surface area contributed by atoms with Crippen LogP contribution in [0.2, 0.25) is 0 Å². The van der Waals surface area contributed by atoms with Crippen molar-refractivity contribution in [2.24, 2.45) is 10.8 Å². The fourth-order valence-electron chi connectivity index (χ4n) is 3.82. The second-order valence-electron chi connectivity index (χ2n) is 10.3. The topological polar surface area (TPSA) is 93.1 Å². The van der Waals surface area contributed by atoms with E-state index in [-0.39, 0.29) is 0 Å². The largest absolute Gasteiger partial charge is 0.342 e. The van der Waals surface area contributed by atoms with Gasteiger partial charge in [-0.1, -0.05) is 79.1 Å². The van der Waals surface area contributed by atoms with Crippen molar-refractivity contribution in [1.82, 2.24) is 0 Å². The van der Waals surface area contributed by atoms with E-state index in [0.717, 1.165) is 38.5 Å². The van der Waals surface area contributed by atoms with E-state index in [9.17, 15) is 9.59 Å². The average Bonchev–Trinajstić information content (AvgIpc) is 2.70. The van der Waals surface area contributed by atoms with Gasteiger partial charge in [0, 0.05) is 12.8 Å². The zero-order valence-electron chi connectivity index (χ0n) is 19.8. The maximum absolute atomic E-state index is 10.8. The number of unbranched alkanes of at least 4 members (excludes halogenated alkanes) is 8. The molecule has 0 saturated carbocycles. The van der Waals surface area contributed by atoms with Crippen molar-refractivity contribution in [2.45, 2.75) is 130 Å². The summed E-state index contributed by atoms with van der Waals surface area (Å²) in [7, 11) is 0. The summed E-state index contributed by atoms with van der Waals surface area (Å²) in [6.45, 7) is 9.49. The summed E-state index contributed by atoms with van der Waals surface area (Å²) < 4.78 is 0. The molecule has 0 aliphatic heterocycles. The van der Waals surface area contributed by atoms with Crippen molar-refractivity contribution in [3.05, 3.63) is 0 Å². The van der Waals surface area contributed by atoms with Crippen LogP contribution in [-0.2, 0) is 19.4 Å². The Morgan fingerprint density at radius 2 is 0.833 bits per heavy atom. The highest BCUT2D eigenvalue weighted by Crippen LogP contribution is 2.37. The van der Waals surface area contributed by atoms with Crippen LogP contribution in [0.15, 0.2) is 0 Å². The van der Waals surface area contributed by atoms with Crippen molar-refractivity contribution in [3.8, 4) is 0 Å². The molecule has 0 atom stereocenters. The molecule has 0 bridgehead atoms. The molecule has 2 N–H and O–H groups in total. The fraction of sp³-hybridized carbons (Fsp3) is 0.917. The van der Waals surface area contributed by atoms with Crippen LogP contribution in [0.1, 0.15) is 130 Å². The SMILES string of the molecule is CC(C)(CCCCCCCC(=O)OO)CCC(C)(C)CCCCCCCC(=O)OO. The van der Waals surface area contributed by atoms with Gasteiger partial charge in [-0.2, -0.15) is 10.5 Å². The van der Waals surface area contributed by atoms with E-state index in [2.05, 4.69) is 37.5 Å². The van der Waals surface area contributed by atoms with Gasteiger partial charge in [-0.05, 0) is 49.4 Å². The molecule has 0 rings (SSSR count). The second-order valence-corrected chi connectivity index (χ2v) is 10.3. The van der Waals surface area contributed by atoms with Gasteiger partial charge >= 0.3 is 11.9 Å². The number of carbonyl (C=O) groups is 2. The van der Waals surface area contributed by atoms with Crippen molar-refractivity contribution in [3.63, 3.8) is 0 Å². The Hall–Kier alpha value is -1.14. The van der Waals surface area contributed by atoms with E-state index >= 15 is 0 Å². The van der Waals surface area contributed by atoms with Gasteiger partial charge in [0.05, 0.1) is 0 Å². The van der Waals surface area contributed by atoms with E-state index in [1.165, 1.54) is 51.4 Å². The molecule has 178 valence electrons. The molecule has 0 saturated heterocycles. The van der Waals surface area contributed by atoms with Crippen LogP contribution in [0.25, 0.3) is 0 Å². The highest BCUT2D eigenvalue weighted by atomic mass is 17.1. The van der Waals surface area contributed by atoms with Crippen LogP contribution in [0.4, 0.5) is 0 Å². The smallest absolute Gasteiger partial charge is 0.301 e. The van der Waals surface area contributed by atoms with Gasteiger partial charge in [-0.25, -0.2) is 9.59 Å². The molecule has 0 aliphatic rings. The first-order valence-electron chi connectivity index (χ1n) is 11.8. The minimum absolute atomic E-state index is 0.301. The molecule has 0 radical (unpaired) electrons. The highest BCUT2D eigenvalue weighted by molar-refractivity contribution is 5.68. The zero-order valence-corrected chi connectivity index (χ0v) is 19.8. The molecular formula is C24H46O6. The number of carbonyl (C=O) groups excluding carboxylic acids is 2. The summed E-state index contributed by atoms with van der Waals surface area (Å²) in [4.78, 5) is 29.0. The first kappa shape index (κ1) is 28.9. The Kier molecular flexibility index (Phi) is 15.9. The zero-order chi connectivity index (χ0) is 22.9. The third-order valence-electron chi connectivity index (χ3n) is 6.15. The van der Waals surface area contributed by atoms with Crippen LogP contribution < -0.4 is 0 Å². The summed E-state index contributed by atoms with van der Waals surface area (Å²) in [5.41, 5.74) is 0.721. The Morgan fingerprint density at radius 3 is 1.17 bits per heavy atom. The van der Waals surface area contributed by atoms with Crippen molar-refractivity contribution >= 4 is 11.9 Å². The van der Waals surface area contributed by atoms with Crippen molar-refractivity contribution in [2.75, 3.05) is 0 Å². The molecule has 0 aromatic rings. The maximum Gasteiger partial charge on any atom is 0.342 e. The number of hydrogen-bond acceptors (Lipinski definition) is 6. The normalized spacial score (nSPS) is 12.1. The summed E-state index contributed by atoms with van der Waals surface area (Å²) in [5, 5.41) is 16.4. The number of hydrogen-bond donors (Lipinski definition) is 2. The van der Waals surface area contributed by atoms with Crippen molar-refractivity contribution < 1.29 is 29.9 Å². The Balaban J connectivity index is 3.77. The number of rotatable bonds is 19. The summed E-state index contributed by atoms with van der Waals surface area (Å²) in [6, 6.07) is 0. The molecule has 6 heteroatoms. The molecule has 0 fully saturated rings. The van der Waals surface area contributed by atoms with Gasteiger partial charge in [0.15, 0.2) is 0 Å². The fourth-order valence-corrected chi connectivity index (χ4v) is 3.82. The summed E-state index contributed by atoms with van der Waals surface area (Å²) in [5.74, 6) is -1.08. The maximum atomic E-state index is 10.8. The first-order chi connectivity index (χ1) is 14.1. The van der Waals surface area contributed by atoms with Gasteiger partial charge in [-0.15, -0.1) is 0 Å². The molecule has 30 heavy (non-hydrogen) atoms. The molecule has 0 aromatic heterocycles.